The Morgan fingerprint density at radius 3 is 2.29 bits per heavy atom. The topological polar surface area (TPSA) is 60.0 Å². The van der Waals surface area contributed by atoms with Crippen molar-refractivity contribution in [2.24, 2.45) is 0 Å². The number of ether oxygens (including phenoxy) is 3. The maximum absolute atomic E-state index is 12.4. The molecule has 0 spiro atoms. The average Bonchev–Trinajstić information content (AvgIpc) is 2.69. The molecule has 0 saturated carbocycles. The lowest BCUT2D eigenvalue weighted by Gasteiger charge is -2.29. The monoisotopic (exact) mass is 384 g/mol. The summed E-state index contributed by atoms with van der Waals surface area (Å²) in [5.41, 5.74) is 3.22. The van der Waals surface area contributed by atoms with E-state index >= 15 is 0 Å². The van der Waals surface area contributed by atoms with Crippen LogP contribution in [0.3, 0.4) is 0 Å². The number of carbonyl (C=O) groups is 1. The fourth-order valence-electron chi connectivity index (χ4n) is 3.37. The Morgan fingerprint density at radius 2 is 1.68 bits per heavy atom. The van der Waals surface area contributed by atoms with E-state index in [9.17, 15) is 4.79 Å². The van der Waals surface area contributed by atoms with Gasteiger partial charge in [0.05, 0.1) is 26.9 Å². The zero-order valence-corrected chi connectivity index (χ0v) is 16.8. The molecule has 6 heteroatoms. The van der Waals surface area contributed by atoms with Gasteiger partial charge in [0.1, 0.15) is 5.75 Å². The molecule has 0 unspecified atom stereocenters. The van der Waals surface area contributed by atoms with Gasteiger partial charge < -0.3 is 19.5 Å². The number of anilines is 1. The first-order chi connectivity index (χ1) is 13.6. The highest BCUT2D eigenvalue weighted by molar-refractivity contribution is 5.92. The lowest BCUT2D eigenvalue weighted by molar-refractivity contribution is -0.117. The van der Waals surface area contributed by atoms with E-state index in [4.69, 9.17) is 14.2 Å². The molecule has 2 aromatic carbocycles. The number of carbonyl (C=O) groups excluding carboxylic acids is 1. The number of fused-ring (bicyclic) bond motifs is 1. The largest absolute Gasteiger partial charge is 0.497 e. The van der Waals surface area contributed by atoms with Crippen molar-refractivity contribution in [3.05, 3.63) is 47.5 Å². The maximum Gasteiger partial charge on any atom is 0.238 e. The maximum atomic E-state index is 12.4. The summed E-state index contributed by atoms with van der Waals surface area (Å²) >= 11 is 0. The van der Waals surface area contributed by atoms with Crippen LogP contribution in [0.2, 0.25) is 0 Å². The van der Waals surface area contributed by atoms with Gasteiger partial charge in [-0.25, -0.2) is 0 Å². The number of nitrogens with one attached hydrogen (secondary N) is 1. The molecule has 0 atom stereocenters. The number of benzene rings is 2. The van der Waals surface area contributed by atoms with Crippen LogP contribution in [0.25, 0.3) is 0 Å². The molecule has 1 aliphatic heterocycles. The van der Waals surface area contributed by atoms with Gasteiger partial charge in [-0.1, -0.05) is 0 Å². The second-order valence-corrected chi connectivity index (χ2v) is 6.67. The highest BCUT2D eigenvalue weighted by Gasteiger charge is 2.21. The summed E-state index contributed by atoms with van der Waals surface area (Å²) in [4.78, 5) is 14.6. The molecule has 1 amide bonds. The highest BCUT2D eigenvalue weighted by Crippen LogP contribution is 2.33. The number of hydrogen-bond donors (Lipinski definition) is 1. The summed E-state index contributed by atoms with van der Waals surface area (Å²) < 4.78 is 16.6. The van der Waals surface area contributed by atoms with Crippen molar-refractivity contribution >= 4 is 11.6 Å². The first-order valence-electron chi connectivity index (χ1n) is 9.70. The highest BCUT2D eigenvalue weighted by atomic mass is 16.5. The van der Waals surface area contributed by atoms with Crippen molar-refractivity contribution in [2.45, 2.75) is 26.8 Å². The summed E-state index contributed by atoms with van der Waals surface area (Å²) in [6.45, 7) is 7.04. The number of nitrogens with zero attached hydrogens (tertiary/aromatic N) is 1. The molecular weight excluding hydrogens is 356 g/mol. The van der Waals surface area contributed by atoms with Gasteiger partial charge >= 0.3 is 0 Å². The fraction of sp³-hybridized carbons (Fsp3) is 0.409. The Hall–Kier alpha value is -2.73. The predicted molar refractivity (Wildman–Crippen MR) is 109 cm³/mol. The van der Waals surface area contributed by atoms with Crippen LogP contribution in [0, 0.1) is 0 Å². The smallest absolute Gasteiger partial charge is 0.238 e. The Labute approximate surface area is 166 Å². The number of amides is 1. The summed E-state index contributed by atoms with van der Waals surface area (Å²) in [6, 6.07) is 11.5. The van der Waals surface area contributed by atoms with Gasteiger partial charge in [0.15, 0.2) is 11.5 Å². The third kappa shape index (κ3) is 4.95. The Bertz CT molecular complexity index is 805. The van der Waals surface area contributed by atoms with Crippen molar-refractivity contribution in [1.29, 1.82) is 0 Å². The molecule has 1 heterocycles. The molecule has 2 aromatic rings. The zero-order chi connectivity index (χ0) is 19.9. The zero-order valence-electron chi connectivity index (χ0n) is 16.8. The van der Waals surface area contributed by atoms with Gasteiger partial charge in [0.2, 0.25) is 5.91 Å². The van der Waals surface area contributed by atoms with Crippen molar-refractivity contribution in [2.75, 3.05) is 38.7 Å². The minimum atomic E-state index is -0.0235. The molecule has 0 fully saturated rings. The van der Waals surface area contributed by atoms with E-state index in [2.05, 4.69) is 22.3 Å². The molecular formula is C22H28N2O4. The average molecular weight is 384 g/mol. The lowest BCUT2D eigenvalue weighted by Crippen LogP contribution is -2.37. The van der Waals surface area contributed by atoms with Crippen LogP contribution in [0.15, 0.2) is 36.4 Å². The Kier molecular flexibility index (Phi) is 6.76. The van der Waals surface area contributed by atoms with Crippen molar-refractivity contribution in [3.63, 3.8) is 0 Å². The van der Waals surface area contributed by atoms with Crippen molar-refractivity contribution in [3.8, 4) is 17.2 Å². The lowest BCUT2D eigenvalue weighted by atomic mass is 9.98. The molecule has 0 radical (unpaired) electrons. The molecule has 3 rings (SSSR count). The first kappa shape index (κ1) is 20.0. The van der Waals surface area contributed by atoms with Crippen LogP contribution < -0.4 is 19.5 Å². The van der Waals surface area contributed by atoms with Crippen LogP contribution in [-0.2, 0) is 17.8 Å². The summed E-state index contributed by atoms with van der Waals surface area (Å²) in [6.07, 6.45) is 0.887. The molecule has 28 heavy (non-hydrogen) atoms. The molecule has 1 aliphatic rings. The minimum Gasteiger partial charge on any atom is -0.497 e. The molecule has 0 aromatic heterocycles. The van der Waals surface area contributed by atoms with E-state index in [-0.39, 0.29) is 5.91 Å². The number of hydrogen-bond acceptors (Lipinski definition) is 5. The third-order valence-corrected chi connectivity index (χ3v) is 4.70. The van der Waals surface area contributed by atoms with Gasteiger partial charge in [-0.15, -0.1) is 0 Å². The minimum absolute atomic E-state index is 0.0235. The van der Waals surface area contributed by atoms with Gasteiger partial charge in [0.25, 0.3) is 0 Å². The van der Waals surface area contributed by atoms with Gasteiger partial charge in [0, 0.05) is 18.8 Å². The van der Waals surface area contributed by atoms with Gasteiger partial charge in [-0.05, 0) is 67.8 Å². The van der Waals surface area contributed by atoms with Crippen molar-refractivity contribution < 1.29 is 19.0 Å². The van der Waals surface area contributed by atoms with Crippen molar-refractivity contribution in [1.82, 2.24) is 4.90 Å². The Morgan fingerprint density at radius 1 is 1.04 bits per heavy atom. The van der Waals surface area contributed by atoms with Crippen LogP contribution in [0.4, 0.5) is 5.69 Å². The van der Waals surface area contributed by atoms with E-state index in [0.29, 0.717) is 19.8 Å². The van der Waals surface area contributed by atoms with E-state index in [1.54, 1.807) is 7.11 Å². The normalized spacial score (nSPS) is 13.5. The molecule has 0 saturated heterocycles. The molecule has 150 valence electrons. The van der Waals surface area contributed by atoms with E-state index in [0.717, 1.165) is 42.4 Å². The van der Waals surface area contributed by atoms with Crippen LogP contribution in [0.5, 0.6) is 17.2 Å². The summed E-state index contributed by atoms with van der Waals surface area (Å²) in [5.74, 6) is 2.31. The third-order valence-electron chi connectivity index (χ3n) is 4.70. The SMILES string of the molecule is CCOc1cc2c(cc1OCC)CN(CC(=O)Nc1ccc(OC)cc1)CC2. The quantitative estimate of drug-likeness (QED) is 0.755. The van der Waals surface area contributed by atoms with E-state index < -0.39 is 0 Å². The van der Waals surface area contributed by atoms with E-state index in [1.165, 1.54) is 11.1 Å². The fourth-order valence-corrected chi connectivity index (χ4v) is 3.37. The summed E-state index contributed by atoms with van der Waals surface area (Å²) in [7, 11) is 1.62. The second kappa shape index (κ2) is 9.46. The van der Waals surface area contributed by atoms with Crippen LogP contribution in [0.1, 0.15) is 25.0 Å². The number of methoxy groups -OCH3 is 1. The van der Waals surface area contributed by atoms with Gasteiger partial charge in [-0.3, -0.25) is 9.69 Å². The first-order valence-corrected chi connectivity index (χ1v) is 9.70. The van der Waals surface area contributed by atoms with Crippen LogP contribution in [-0.4, -0.2) is 44.2 Å². The van der Waals surface area contributed by atoms with Gasteiger partial charge in [-0.2, -0.15) is 0 Å². The number of rotatable bonds is 8. The van der Waals surface area contributed by atoms with E-state index in [1.807, 2.05) is 38.1 Å². The molecule has 1 N–H and O–H groups in total. The van der Waals surface area contributed by atoms with Crippen LogP contribution >= 0.6 is 0 Å². The Balaban J connectivity index is 1.63. The second-order valence-electron chi connectivity index (χ2n) is 6.67. The standard InChI is InChI=1S/C22H28N2O4/c1-4-27-20-12-16-10-11-24(14-17(16)13-21(20)28-5-2)15-22(25)23-18-6-8-19(26-3)9-7-18/h6-9,12-13H,4-5,10-11,14-15H2,1-3H3,(H,23,25). The summed E-state index contributed by atoms with van der Waals surface area (Å²) in [5, 5.41) is 2.94. The molecule has 0 aliphatic carbocycles. The molecule has 6 nitrogen and oxygen atoms in total. The predicted octanol–water partition coefficient (Wildman–Crippen LogP) is 3.49. The molecule has 0 bridgehead atoms.